The number of ether oxygens (including phenoxy) is 4. The lowest BCUT2D eigenvalue weighted by Crippen LogP contribution is -2.30. The van der Waals surface area contributed by atoms with E-state index in [9.17, 15) is 43.2 Å². The van der Waals surface area contributed by atoms with Crippen LogP contribution in [0.1, 0.15) is 260 Å². The maximum Gasteiger partial charge on any atom is 0.472 e. The van der Waals surface area contributed by atoms with Gasteiger partial charge in [-0.25, -0.2) is 9.13 Å². The zero-order valence-electron chi connectivity index (χ0n) is 47.1. The molecule has 0 aromatic heterocycles. The standard InChI is InChI=1S/C55H106O17P2/c1-7-9-11-13-18-27-33-39-54(59)71-50(43-65-52(57)37-31-23-12-10-8-2)45-69-73(61,62)67-41-49(56)42-68-74(63,64)70-46-51(44-66-53(58)38-32-26-22-17-20-25-30-36-48(5)6)72-55(60)40-34-28-21-16-14-15-19-24-29-35-47(3)4/h47-51,56H,7-46H2,1-6H3,(H,61,62)(H,63,64)/t49-,50+,51+/m0/s1. The van der Waals surface area contributed by atoms with Gasteiger partial charge in [-0.3, -0.25) is 37.3 Å². The first-order chi connectivity index (χ1) is 35.4. The Morgan fingerprint density at radius 1 is 0.365 bits per heavy atom. The van der Waals surface area contributed by atoms with Crippen LogP contribution in [0, 0.1) is 11.8 Å². The molecule has 0 saturated heterocycles. The van der Waals surface area contributed by atoms with Gasteiger partial charge in [-0.2, -0.15) is 0 Å². The summed E-state index contributed by atoms with van der Waals surface area (Å²) in [6.07, 6.45) is 27.2. The monoisotopic (exact) mass is 1100 g/mol. The largest absolute Gasteiger partial charge is 0.472 e. The number of rotatable bonds is 54. The van der Waals surface area contributed by atoms with Gasteiger partial charge >= 0.3 is 39.5 Å². The molecule has 0 fully saturated rings. The highest BCUT2D eigenvalue weighted by Crippen LogP contribution is 2.45. The van der Waals surface area contributed by atoms with Crippen molar-refractivity contribution in [2.24, 2.45) is 11.8 Å². The average Bonchev–Trinajstić information content (AvgIpc) is 3.35. The molecular weight excluding hydrogens is 995 g/mol. The number of carbonyl (C=O) groups excluding carboxylic acids is 4. The fourth-order valence-electron chi connectivity index (χ4n) is 7.94. The van der Waals surface area contributed by atoms with Gasteiger partial charge in [0, 0.05) is 25.7 Å². The smallest absolute Gasteiger partial charge is 0.462 e. The summed E-state index contributed by atoms with van der Waals surface area (Å²) < 4.78 is 67.3. The summed E-state index contributed by atoms with van der Waals surface area (Å²) >= 11 is 0. The van der Waals surface area contributed by atoms with Crippen molar-refractivity contribution in [3.05, 3.63) is 0 Å². The van der Waals surface area contributed by atoms with Crippen molar-refractivity contribution in [1.29, 1.82) is 0 Å². The van der Waals surface area contributed by atoms with Crippen LogP contribution in [-0.4, -0.2) is 96.7 Å². The molecule has 0 radical (unpaired) electrons. The Kier molecular flexibility index (Phi) is 46.9. The molecule has 0 aromatic rings. The Morgan fingerprint density at radius 2 is 0.622 bits per heavy atom. The van der Waals surface area contributed by atoms with Crippen molar-refractivity contribution in [3.63, 3.8) is 0 Å². The third-order valence-electron chi connectivity index (χ3n) is 12.5. The first kappa shape index (κ1) is 72.1. The predicted octanol–water partition coefficient (Wildman–Crippen LogP) is 14.1. The van der Waals surface area contributed by atoms with E-state index in [0.29, 0.717) is 31.6 Å². The van der Waals surface area contributed by atoms with Gasteiger partial charge in [-0.15, -0.1) is 0 Å². The Balaban J connectivity index is 5.18. The lowest BCUT2D eigenvalue weighted by atomic mass is 10.0. The van der Waals surface area contributed by atoms with Crippen LogP contribution in [0.3, 0.4) is 0 Å². The van der Waals surface area contributed by atoms with Crippen LogP contribution in [0.4, 0.5) is 0 Å². The molecule has 0 aromatic carbocycles. The minimum absolute atomic E-state index is 0.102. The third kappa shape index (κ3) is 49.6. The Hall–Kier alpha value is -1.94. The molecule has 0 rings (SSSR count). The van der Waals surface area contributed by atoms with E-state index >= 15 is 0 Å². The zero-order valence-corrected chi connectivity index (χ0v) is 48.9. The number of unbranched alkanes of at least 4 members (excludes halogenated alkanes) is 24. The minimum atomic E-state index is -4.93. The van der Waals surface area contributed by atoms with Crippen LogP contribution in [0.25, 0.3) is 0 Å². The first-order valence-electron chi connectivity index (χ1n) is 29.0. The molecule has 0 spiro atoms. The van der Waals surface area contributed by atoms with Crippen LogP contribution >= 0.6 is 15.6 Å². The molecule has 0 heterocycles. The van der Waals surface area contributed by atoms with Crippen LogP contribution in [0.2, 0.25) is 0 Å². The van der Waals surface area contributed by atoms with Gasteiger partial charge in [0.05, 0.1) is 26.4 Å². The zero-order chi connectivity index (χ0) is 55.1. The Morgan fingerprint density at radius 3 is 0.919 bits per heavy atom. The topological polar surface area (TPSA) is 237 Å². The summed E-state index contributed by atoms with van der Waals surface area (Å²) in [4.78, 5) is 71.4. The molecule has 5 atom stereocenters. The highest BCUT2D eigenvalue weighted by molar-refractivity contribution is 7.47. The molecule has 0 bridgehead atoms. The molecule has 0 aliphatic rings. The minimum Gasteiger partial charge on any atom is -0.462 e. The van der Waals surface area contributed by atoms with Gasteiger partial charge in [0.1, 0.15) is 19.3 Å². The first-order valence-corrected chi connectivity index (χ1v) is 32.0. The van der Waals surface area contributed by atoms with Crippen molar-refractivity contribution in [3.8, 4) is 0 Å². The SMILES string of the molecule is CCCCCCCCCC(=O)O[C@H](COC(=O)CCCCCCC)COP(=O)(O)OC[C@H](O)COP(=O)(O)OC[C@@H](COC(=O)CCCCCCCCCC(C)C)OC(=O)CCCCCCCCCCCC(C)C. The average molecular weight is 1100 g/mol. The predicted molar refractivity (Wildman–Crippen MR) is 289 cm³/mol. The summed E-state index contributed by atoms with van der Waals surface area (Å²) in [6.45, 7) is 9.20. The van der Waals surface area contributed by atoms with Gasteiger partial charge in [-0.1, -0.05) is 208 Å². The van der Waals surface area contributed by atoms with Gasteiger partial charge in [0.2, 0.25) is 0 Å². The van der Waals surface area contributed by atoms with Crippen molar-refractivity contribution in [2.45, 2.75) is 278 Å². The van der Waals surface area contributed by atoms with E-state index in [4.69, 9.17) is 37.0 Å². The fraction of sp³-hybridized carbons (Fsp3) is 0.927. The lowest BCUT2D eigenvalue weighted by molar-refractivity contribution is -0.161. The van der Waals surface area contributed by atoms with Crippen LogP contribution < -0.4 is 0 Å². The Labute approximate surface area is 447 Å². The molecule has 0 saturated carbocycles. The molecule has 438 valence electrons. The maximum absolute atomic E-state index is 12.9. The van der Waals surface area contributed by atoms with E-state index < -0.39 is 97.5 Å². The number of phosphoric acid groups is 2. The van der Waals surface area contributed by atoms with E-state index in [1.54, 1.807) is 0 Å². The number of phosphoric ester groups is 2. The second kappa shape index (κ2) is 48.2. The van der Waals surface area contributed by atoms with Gasteiger partial charge in [0.15, 0.2) is 12.2 Å². The Bertz CT molecular complexity index is 1480. The van der Waals surface area contributed by atoms with Gasteiger partial charge < -0.3 is 33.8 Å². The summed E-state index contributed by atoms with van der Waals surface area (Å²) in [6, 6.07) is 0. The normalized spacial score (nSPS) is 14.6. The summed E-state index contributed by atoms with van der Waals surface area (Å²) in [5.41, 5.74) is 0. The number of aliphatic hydroxyl groups is 1. The highest BCUT2D eigenvalue weighted by Gasteiger charge is 2.30. The number of esters is 4. The van der Waals surface area contributed by atoms with Crippen molar-refractivity contribution in [1.82, 2.24) is 0 Å². The maximum atomic E-state index is 12.9. The molecule has 0 amide bonds. The highest BCUT2D eigenvalue weighted by atomic mass is 31.2. The van der Waals surface area contributed by atoms with E-state index in [0.717, 1.165) is 121 Å². The molecule has 74 heavy (non-hydrogen) atoms. The number of hydrogen-bond donors (Lipinski definition) is 3. The van der Waals surface area contributed by atoms with E-state index in [2.05, 4.69) is 41.5 Å². The molecule has 3 N–H and O–H groups in total. The second-order valence-electron chi connectivity index (χ2n) is 20.9. The molecule has 0 aliphatic heterocycles. The number of carbonyl (C=O) groups is 4. The molecular formula is C55H106O17P2. The van der Waals surface area contributed by atoms with Crippen LogP contribution in [0.15, 0.2) is 0 Å². The molecule has 2 unspecified atom stereocenters. The van der Waals surface area contributed by atoms with Crippen molar-refractivity contribution < 1.29 is 80.2 Å². The van der Waals surface area contributed by atoms with E-state index in [-0.39, 0.29) is 25.7 Å². The summed E-state index contributed by atoms with van der Waals surface area (Å²) in [5.74, 6) is -0.722. The summed E-state index contributed by atoms with van der Waals surface area (Å²) in [7, 11) is -9.85. The number of aliphatic hydroxyl groups excluding tert-OH is 1. The van der Waals surface area contributed by atoms with E-state index in [1.807, 2.05) is 0 Å². The third-order valence-corrected chi connectivity index (χ3v) is 14.4. The second-order valence-corrected chi connectivity index (χ2v) is 23.8. The lowest BCUT2D eigenvalue weighted by Gasteiger charge is -2.21. The van der Waals surface area contributed by atoms with E-state index in [1.165, 1.54) is 51.4 Å². The quantitative estimate of drug-likeness (QED) is 0.0222. The van der Waals surface area contributed by atoms with Gasteiger partial charge in [-0.05, 0) is 37.5 Å². The van der Waals surface area contributed by atoms with Gasteiger partial charge in [0.25, 0.3) is 0 Å². The fourth-order valence-corrected chi connectivity index (χ4v) is 9.52. The molecule has 0 aliphatic carbocycles. The van der Waals surface area contributed by atoms with Crippen molar-refractivity contribution >= 4 is 39.5 Å². The molecule has 19 heteroatoms. The van der Waals surface area contributed by atoms with Crippen LogP contribution in [0.5, 0.6) is 0 Å². The van der Waals surface area contributed by atoms with Crippen molar-refractivity contribution in [2.75, 3.05) is 39.6 Å². The van der Waals surface area contributed by atoms with Crippen LogP contribution in [-0.2, 0) is 65.4 Å². The summed E-state index contributed by atoms with van der Waals surface area (Å²) in [5, 5.41) is 10.4. The number of hydrogen-bond acceptors (Lipinski definition) is 15. The molecule has 17 nitrogen and oxygen atoms in total.